The zero-order valence-electron chi connectivity index (χ0n) is 14.5. The van der Waals surface area contributed by atoms with Crippen LogP contribution in [-0.2, 0) is 4.79 Å². The molecule has 0 spiro atoms. The minimum atomic E-state index is -1.32. The molecule has 1 N–H and O–H groups in total. The Bertz CT molecular complexity index is 776. The molecule has 0 heterocycles. The topological polar surface area (TPSA) is 87.7 Å². The third-order valence-corrected chi connectivity index (χ3v) is 3.67. The average molecular weight is 360 g/mol. The number of halogens is 1. The van der Waals surface area contributed by atoms with Crippen molar-refractivity contribution in [3.63, 3.8) is 0 Å². The first-order valence-electron chi connectivity index (χ1n) is 8.01. The molecule has 138 valence electrons. The molecule has 26 heavy (non-hydrogen) atoms. The Balaban J connectivity index is 2.27. The molecule has 2 aromatic carbocycles. The summed E-state index contributed by atoms with van der Waals surface area (Å²) < 4.78 is 23.7. The van der Waals surface area contributed by atoms with E-state index in [0.717, 1.165) is 12.1 Å². The summed E-state index contributed by atoms with van der Waals surface area (Å²) in [4.78, 5) is 23.4. The van der Waals surface area contributed by atoms with Crippen molar-refractivity contribution < 1.29 is 28.6 Å². The number of amides is 1. The summed E-state index contributed by atoms with van der Waals surface area (Å²) in [5, 5.41) is 13.7. The summed E-state index contributed by atoms with van der Waals surface area (Å²) in [7, 11) is 1.46. The van der Waals surface area contributed by atoms with Gasteiger partial charge in [-0.2, -0.15) is 0 Å². The molecule has 2 rings (SSSR count). The van der Waals surface area contributed by atoms with Crippen molar-refractivity contribution in [1.82, 2.24) is 5.32 Å². The van der Waals surface area contributed by atoms with Crippen molar-refractivity contribution >= 4 is 11.9 Å². The molecule has 0 saturated carbocycles. The lowest BCUT2D eigenvalue weighted by Crippen LogP contribution is -2.34. The zero-order chi connectivity index (χ0) is 19.1. The van der Waals surface area contributed by atoms with Crippen LogP contribution in [-0.4, -0.2) is 25.6 Å². The summed E-state index contributed by atoms with van der Waals surface area (Å²) >= 11 is 0. The van der Waals surface area contributed by atoms with E-state index in [9.17, 15) is 19.1 Å². The first-order valence-corrected chi connectivity index (χ1v) is 8.01. The van der Waals surface area contributed by atoms with Crippen molar-refractivity contribution in [2.45, 2.75) is 19.4 Å². The van der Waals surface area contributed by atoms with Gasteiger partial charge in [-0.05, 0) is 48.9 Å². The number of methoxy groups -OCH3 is 1. The van der Waals surface area contributed by atoms with Gasteiger partial charge in [0.25, 0.3) is 5.91 Å². The van der Waals surface area contributed by atoms with E-state index in [-0.39, 0.29) is 5.56 Å². The molecule has 2 aromatic rings. The number of nitrogens with one attached hydrogen (secondary N) is 1. The van der Waals surface area contributed by atoms with Crippen LogP contribution in [0.5, 0.6) is 11.5 Å². The van der Waals surface area contributed by atoms with Gasteiger partial charge in [0.15, 0.2) is 11.5 Å². The van der Waals surface area contributed by atoms with Gasteiger partial charge in [0.1, 0.15) is 5.82 Å². The zero-order valence-corrected chi connectivity index (χ0v) is 14.5. The number of rotatable bonds is 8. The van der Waals surface area contributed by atoms with Crippen LogP contribution in [0, 0.1) is 5.82 Å². The second-order valence-corrected chi connectivity index (χ2v) is 5.45. The number of ether oxygens (including phenoxy) is 2. The highest BCUT2D eigenvalue weighted by molar-refractivity contribution is 5.94. The number of aliphatic carboxylic acids is 1. The van der Waals surface area contributed by atoms with Crippen LogP contribution in [0.4, 0.5) is 4.39 Å². The van der Waals surface area contributed by atoms with Gasteiger partial charge in [0.2, 0.25) is 0 Å². The molecular formula is C19H19FNO5-. The average Bonchev–Trinajstić information content (AvgIpc) is 2.62. The Hall–Kier alpha value is -3.09. The van der Waals surface area contributed by atoms with E-state index >= 15 is 0 Å². The lowest BCUT2D eigenvalue weighted by atomic mass is 10.0. The summed E-state index contributed by atoms with van der Waals surface area (Å²) in [6, 6.07) is 8.99. The number of carbonyl (C=O) groups is 2. The number of carboxylic acids is 1. The molecule has 7 heteroatoms. The highest BCUT2D eigenvalue weighted by atomic mass is 19.1. The SMILES string of the molecule is CCOc1ccc([C@@H](CC(=O)[O-])NC(=O)c2ccc(F)cc2)cc1OC. The second kappa shape index (κ2) is 8.84. The molecule has 0 radical (unpaired) electrons. The van der Waals surface area contributed by atoms with Crippen molar-refractivity contribution in [2.24, 2.45) is 0 Å². The molecule has 0 aliphatic carbocycles. The molecule has 0 aromatic heterocycles. The van der Waals surface area contributed by atoms with E-state index in [1.807, 2.05) is 6.92 Å². The van der Waals surface area contributed by atoms with Crippen LogP contribution < -0.4 is 19.9 Å². The smallest absolute Gasteiger partial charge is 0.251 e. The molecular weight excluding hydrogens is 341 g/mol. The quantitative estimate of drug-likeness (QED) is 0.776. The van der Waals surface area contributed by atoms with Gasteiger partial charge in [-0.15, -0.1) is 0 Å². The third-order valence-electron chi connectivity index (χ3n) is 3.67. The lowest BCUT2D eigenvalue weighted by Gasteiger charge is -2.21. The maximum absolute atomic E-state index is 13.0. The fraction of sp³-hybridized carbons (Fsp3) is 0.263. The van der Waals surface area contributed by atoms with E-state index < -0.39 is 30.2 Å². The number of carbonyl (C=O) groups excluding carboxylic acids is 2. The van der Waals surface area contributed by atoms with Crippen LogP contribution in [0.15, 0.2) is 42.5 Å². The number of carboxylic acid groups (broad SMARTS) is 1. The van der Waals surface area contributed by atoms with E-state index in [2.05, 4.69) is 5.32 Å². The maximum atomic E-state index is 13.0. The van der Waals surface area contributed by atoms with E-state index in [0.29, 0.717) is 23.7 Å². The van der Waals surface area contributed by atoms with Crippen LogP contribution >= 0.6 is 0 Å². The van der Waals surface area contributed by atoms with Gasteiger partial charge < -0.3 is 24.7 Å². The number of benzene rings is 2. The van der Waals surface area contributed by atoms with E-state index in [4.69, 9.17) is 9.47 Å². The Morgan fingerprint density at radius 2 is 1.85 bits per heavy atom. The molecule has 0 bridgehead atoms. The second-order valence-electron chi connectivity index (χ2n) is 5.45. The first-order chi connectivity index (χ1) is 12.4. The van der Waals surface area contributed by atoms with Gasteiger partial charge in [0.05, 0.1) is 19.8 Å². The van der Waals surface area contributed by atoms with Crippen molar-refractivity contribution in [1.29, 1.82) is 0 Å². The van der Waals surface area contributed by atoms with Gasteiger partial charge in [0, 0.05) is 18.0 Å². The number of hydrogen-bond donors (Lipinski definition) is 1. The van der Waals surface area contributed by atoms with Crippen LogP contribution in [0.3, 0.4) is 0 Å². The molecule has 0 saturated heterocycles. The van der Waals surface area contributed by atoms with Crippen molar-refractivity contribution in [3.05, 3.63) is 59.4 Å². The Morgan fingerprint density at radius 3 is 2.42 bits per heavy atom. The molecule has 6 nitrogen and oxygen atoms in total. The standard InChI is InChI=1S/C19H20FNO5/c1-3-26-16-9-6-13(10-17(16)25-2)15(11-18(22)23)21-19(24)12-4-7-14(20)8-5-12/h4-10,15H,3,11H2,1-2H3,(H,21,24)(H,22,23)/p-1/t15-/m1/s1. The van der Waals surface area contributed by atoms with Gasteiger partial charge in [-0.1, -0.05) is 6.07 Å². The molecule has 1 atom stereocenters. The maximum Gasteiger partial charge on any atom is 0.251 e. The summed E-state index contributed by atoms with van der Waals surface area (Å²) in [6.07, 6.45) is -0.427. The van der Waals surface area contributed by atoms with E-state index in [1.54, 1.807) is 18.2 Å². The minimum absolute atomic E-state index is 0.215. The number of hydrogen-bond acceptors (Lipinski definition) is 5. The van der Waals surface area contributed by atoms with Crippen molar-refractivity contribution in [3.8, 4) is 11.5 Å². The highest BCUT2D eigenvalue weighted by Gasteiger charge is 2.18. The third kappa shape index (κ3) is 4.95. The fourth-order valence-electron chi connectivity index (χ4n) is 2.44. The Kier molecular flexibility index (Phi) is 6.54. The molecule has 1 amide bonds. The molecule has 0 fully saturated rings. The fourth-order valence-corrected chi connectivity index (χ4v) is 2.44. The molecule has 0 aliphatic heterocycles. The van der Waals surface area contributed by atoms with Gasteiger partial charge >= 0.3 is 0 Å². The lowest BCUT2D eigenvalue weighted by molar-refractivity contribution is -0.306. The minimum Gasteiger partial charge on any atom is -0.550 e. The largest absolute Gasteiger partial charge is 0.550 e. The summed E-state index contributed by atoms with van der Waals surface area (Å²) in [5.41, 5.74) is 0.734. The Labute approximate surface area is 150 Å². The van der Waals surface area contributed by atoms with Crippen LogP contribution in [0.1, 0.15) is 35.3 Å². The van der Waals surface area contributed by atoms with Gasteiger partial charge in [-0.25, -0.2) is 4.39 Å². The van der Waals surface area contributed by atoms with Crippen LogP contribution in [0.25, 0.3) is 0 Å². The monoisotopic (exact) mass is 360 g/mol. The Morgan fingerprint density at radius 1 is 1.15 bits per heavy atom. The first kappa shape index (κ1) is 19.2. The summed E-state index contributed by atoms with van der Waals surface area (Å²) in [5.74, 6) is -1.38. The van der Waals surface area contributed by atoms with Crippen molar-refractivity contribution in [2.75, 3.05) is 13.7 Å². The van der Waals surface area contributed by atoms with E-state index in [1.165, 1.54) is 19.2 Å². The molecule has 0 aliphatic rings. The predicted octanol–water partition coefficient (Wildman–Crippen LogP) is 1.84. The van der Waals surface area contributed by atoms with Gasteiger partial charge in [-0.3, -0.25) is 4.79 Å². The highest BCUT2D eigenvalue weighted by Crippen LogP contribution is 2.31. The summed E-state index contributed by atoms with van der Waals surface area (Å²) in [6.45, 7) is 2.27. The van der Waals surface area contributed by atoms with Crippen LogP contribution in [0.2, 0.25) is 0 Å². The molecule has 0 unspecified atom stereocenters. The predicted molar refractivity (Wildman–Crippen MR) is 90.4 cm³/mol. The normalized spacial score (nSPS) is 11.5.